The third-order valence-electron chi connectivity index (χ3n) is 4.27. The van der Waals surface area contributed by atoms with Gasteiger partial charge in [0.25, 0.3) is 0 Å². The Labute approximate surface area is 153 Å². The third-order valence-corrected chi connectivity index (χ3v) is 4.27. The molecule has 1 aromatic carbocycles. The number of carbonyl (C=O) groups is 1. The molecular weight excluding hydrogens is 330 g/mol. The number of nitrogens with zero attached hydrogens (tertiary/aromatic N) is 2. The standard InChI is InChI=1S/C19H25N5O2/c25-19(23-13-12-22-18-20-10-5-11-21-18)24-14-15-6-1-4-9-17(15)26-16-7-2-3-8-16/h1,4-6,9-11,16H,2-3,7-8,12-14H2,(H,20,21,22)(H2,23,24,25). The second-order valence-electron chi connectivity index (χ2n) is 6.24. The average molecular weight is 355 g/mol. The smallest absolute Gasteiger partial charge is 0.315 e. The molecule has 7 nitrogen and oxygen atoms in total. The minimum absolute atomic E-state index is 0.212. The van der Waals surface area contributed by atoms with E-state index in [4.69, 9.17) is 4.74 Å². The highest BCUT2D eigenvalue weighted by Gasteiger charge is 2.17. The Kier molecular flexibility index (Phi) is 6.64. The second kappa shape index (κ2) is 9.60. The summed E-state index contributed by atoms with van der Waals surface area (Å²) >= 11 is 0. The zero-order valence-electron chi connectivity index (χ0n) is 14.8. The first kappa shape index (κ1) is 18.0. The van der Waals surface area contributed by atoms with Crippen LogP contribution >= 0.6 is 0 Å². The quantitative estimate of drug-likeness (QED) is 0.634. The van der Waals surface area contributed by atoms with Gasteiger partial charge in [0, 0.05) is 37.6 Å². The summed E-state index contributed by atoms with van der Waals surface area (Å²) < 4.78 is 6.09. The van der Waals surface area contributed by atoms with Crippen LogP contribution in [-0.4, -0.2) is 35.2 Å². The number of anilines is 1. The lowest BCUT2D eigenvalue weighted by Gasteiger charge is -2.17. The lowest BCUT2D eigenvalue weighted by Crippen LogP contribution is -2.37. The lowest BCUT2D eigenvalue weighted by molar-refractivity contribution is 0.207. The topological polar surface area (TPSA) is 88.2 Å². The van der Waals surface area contributed by atoms with Crippen LogP contribution in [0.2, 0.25) is 0 Å². The number of rotatable bonds is 8. The van der Waals surface area contributed by atoms with Crippen molar-refractivity contribution in [2.24, 2.45) is 0 Å². The number of ether oxygens (including phenoxy) is 1. The molecule has 2 amide bonds. The van der Waals surface area contributed by atoms with Crippen molar-refractivity contribution in [1.82, 2.24) is 20.6 Å². The molecule has 0 unspecified atom stereocenters. The highest BCUT2D eigenvalue weighted by Crippen LogP contribution is 2.26. The molecule has 3 N–H and O–H groups in total. The van der Waals surface area contributed by atoms with Gasteiger partial charge in [0.05, 0.1) is 6.10 Å². The molecule has 0 atom stereocenters. The van der Waals surface area contributed by atoms with Crippen LogP contribution in [0.15, 0.2) is 42.7 Å². The Bertz CT molecular complexity index is 689. The molecule has 26 heavy (non-hydrogen) atoms. The Morgan fingerprint density at radius 3 is 2.62 bits per heavy atom. The predicted molar refractivity (Wildman–Crippen MR) is 100 cm³/mol. The maximum atomic E-state index is 12.0. The molecular formula is C19H25N5O2. The Morgan fingerprint density at radius 2 is 1.81 bits per heavy atom. The molecule has 0 spiro atoms. The number of nitrogens with one attached hydrogen (secondary N) is 3. The van der Waals surface area contributed by atoms with Gasteiger partial charge in [0.2, 0.25) is 5.95 Å². The summed E-state index contributed by atoms with van der Waals surface area (Å²) in [6.45, 7) is 1.47. The molecule has 1 aliphatic carbocycles. The highest BCUT2D eigenvalue weighted by atomic mass is 16.5. The molecule has 0 bridgehead atoms. The van der Waals surface area contributed by atoms with Gasteiger partial charge in [-0.3, -0.25) is 0 Å². The van der Waals surface area contributed by atoms with Crippen molar-refractivity contribution in [1.29, 1.82) is 0 Å². The van der Waals surface area contributed by atoms with Gasteiger partial charge in [0.1, 0.15) is 5.75 Å². The summed E-state index contributed by atoms with van der Waals surface area (Å²) in [5.41, 5.74) is 0.991. The van der Waals surface area contributed by atoms with Crippen LogP contribution in [0.1, 0.15) is 31.2 Å². The molecule has 1 fully saturated rings. The largest absolute Gasteiger partial charge is 0.490 e. The van der Waals surface area contributed by atoms with E-state index in [0.717, 1.165) is 24.2 Å². The maximum Gasteiger partial charge on any atom is 0.315 e. The summed E-state index contributed by atoms with van der Waals surface area (Å²) in [7, 11) is 0. The maximum absolute atomic E-state index is 12.0. The van der Waals surface area contributed by atoms with Gasteiger partial charge in [-0.1, -0.05) is 18.2 Å². The second-order valence-corrected chi connectivity index (χ2v) is 6.24. The van der Waals surface area contributed by atoms with Crippen molar-refractivity contribution >= 4 is 12.0 Å². The van der Waals surface area contributed by atoms with E-state index in [0.29, 0.717) is 31.7 Å². The lowest BCUT2D eigenvalue weighted by atomic mass is 10.2. The molecule has 0 aliphatic heterocycles. The summed E-state index contributed by atoms with van der Waals surface area (Å²) in [6, 6.07) is 9.42. The van der Waals surface area contributed by atoms with Gasteiger partial charge in [-0.05, 0) is 37.8 Å². The zero-order chi connectivity index (χ0) is 18.0. The summed E-state index contributed by atoms with van der Waals surface area (Å²) in [6.07, 6.45) is 8.32. The minimum Gasteiger partial charge on any atom is -0.490 e. The number of benzene rings is 1. The van der Waals surface area contributed by atoms with Crippen LogP contribution in [0.25, 0.3) is 0 Å². The van der Waals surface area contributed by atoms with Crippen molar-refractivity contribution in [3.63, 3.8) is 0 Å². The number of amides is 2. The molecule has 3 rings (SSSR count). The van der Waals surface area contributed by atoms with Crippen molar-refractivity contribution in [3.05, 3.63) is 48.3 Å². The van der Waals surface area contributed by atoms with Crippen molar-refractivity contribution in [2.45, 2.75) is 38.3 Å². The normalized spacial score (nSPS) is 14.0. The highest BCUT2D eigenvalue weighted by molar-refractivity contribution is 5.73. The minimum atomic E-state index is -0.212. The number of hydrogen-bond donors (Lipinski definition) is 3. The van der Waals surface area contributed by atoms with Gasteiger partial charge in [0.15, 0.2) is 0 Å². The molecule has 1 saturated carbocycles. The van der Waals surface area contributed by atoms with E-state index >= 15 is 0 Å². The van der Waals surface area contributed by atoms with Gasteiger partial charge < -0.3 is 20.7 Å². The fourth-order valence-electron chi connectivity index (χ4n) is 2.93. The van der Waals surface area contributed by atoms with E-state index in [1.807, 2.05) is 24.3 Å². The molecule has 1 heterocycles. The van der Waals surface area contributed by atoms with Gasteiger partial charge in [-0.15, -0.1) is 0 Å². The molecule has 7 heteroatoms. The van der Waals surface area contributed by atoms with E-state index in [1.165, 1.54) is 12.8 Å². The van der Waals surface area contributed by atoms with Crippen LogP contribution in [0.5, 0.6) is 5.75 Å². The van der Waals surface area contributed by atoms with Crippen LogP contribution < -0.4 is 20.7 Å². The van der Waals surface area contributed by atoms with Crippen molar-refractivity contribution < 1.29 is 9.53 Å². The SMILES string of the molecule is O=C(NCCNc1ncccn1)NCc1ccccc1OC1CCCC1. The van der Waals surface area contributed by atoms with E-state index in [2.05, 4.69) is 25.9 Å². The van der Waals surface area contributed by atoms with Gasteiger partial charge >= 0.3 is 6.03 Å². The summed E-state index contributed by atoms with van der Waals surface area (Å²) in [4.78, 5) is 20.1. The number of urea groups is 1. The van der Waals surface area contributed by atoms with E-state index in [9.17, 15) is 4.79 Å². The zero-order valence-corrected chi connectivity index (χ0v) is 14.8. The van der Waals surface area contributed by atoms with Gasteiger partial charge in [-0.2, -0.15) is 0 Å². The predicted octanol–water partition coefficient (Wildman–Crippen LogP) is 2.71. The first-order valence-corrected chi connectivity index (χ1v) is 9.08. The average Bonchev–Trinajstić information content (AvgIpc) is 3.18. The molecule has 138 valence electrons. The van der Waals surface area contributed by atoms with E-state index < -0.39 is 0 Å². The molecule has 1 aliphatic rings. The van der Waals surface area contributed by atoms with Crippen LogP contribution in [0, 0.1) is 0 Å². The molecule has 0 radical (unpaired) electrons. The number of aromatic nitrogens is 2. The van der Waals surface area contributed by atoms with Crippen LogP contribution in [0.3, 0.4) is 0 Å². The van der Waals surface area contributed by atoms with Crippen molar-refractivity contribution in [3.8, 4) is 5.75 Å². The molecule has 0 saturated heterocycles. The Balaban J connectivity index is 1.38. The fraction of sp³-hybridized carbons (Fsp3) is 0.421. The molecule has 1 aromatic heterocycles. The fourth-order valence-corrected chi connectivity index (χ4v) is 2.93. The Hall–Kier alpha value is -2.83. The first-order valence-electron chi connectivity index (χ1n) is 9.08. The number of carbonyl (C=O) groups excluding carboxylic acids is 1. The molecule has 2 aromatic rings. The summed E-state index contributed by atoms with van der Waals surface area (Å²) in [5, 5.41) is 8.72. The number of para-hydroxylation sites is 1. The van der Waals surface area contributed by atoms with E-state index in [-0.39, 0.29) is 6.03 Å². The van der Waals surface area contributed by atoms with E-state index in [1.54, 1.807) is 18.5 Å². The Morgan fingerprint density at radius 1 is 1.04 bits per heavy atom. The first-order chi connectivity index (χ1) is 12.8. The van der Waals surface area contributed by atoms with Crippen molar-refractivity contribution in [2.75, 3.05) is 18.4 Å². The monoisotopic (exact) mass is 355 g/mol. The summed E-state index contributed by atoms with van der Waals surface area (Å²) in [5.74, 6) is 1.41. The van der Waals surface area contributed by atoms with Gasteiger partial charge in [-0.25, -0.2) is 14.8 Å². The van der Waals surface area contributed by atoms with Crippen LogP contribution in [-0.2, 0) is 6.54 Å². The van der Waals surface area contributed by atoms with Crippen LogP contribution in [0.4, 0.5) is 10.7 Å². The number of hydrogen-bond acceptors (Lipinski definition) is 5. The third kappa shape index (κ3) is 5.61.